The molecule has 1 aromatic carbocycles. The zero-order chi connectivity index (χ0) is 24.2. The molecule has 1 aromatic rings. The molecule has 2 unspecified atom stereocenters. The molecule has 1 aliphatic heterocycles. The van der Waals surface area contributed by atoms with E-state index in [0.717, 1.165) is 25.7 Å². The van der Waals surface area contributed by atoms with Crippen LogP contribution in [0.2, 0.25) is 0 Å². The summed E-state index contributed by atoms with van der Waals surface area (Å²) in [4.78, 5) is 0. The number of benzene rings is 1. The molecule has 3 nitrogen and oxygen atoms in total. The monoisotopic (exact) mass is 484 g/mol. The Morgan fingerprint density at radius 1 is 1.00 bits per heavy atom. The lowest BCUT2D eigenvalue weighted by molar-refractivity contribution is -0.225. The summed E-state index contributed by atoms with van der Waals surface area (Å²) in [7, 11) is 0. The van der Waals surface area contributed by atoms with Crippen molar-refractivity contribution in [1.82, 2.24) is 0 Å². The van der Waals surface area contributed by atoms with E-state index in [2.05, 4.69) is 16.4 Å². The highest BCUT2D eigenvalue weighted by Crippen LogP contribution is 2.43. The summed E-state index contributed by atoms with van der Waals surface area (Å²) in [5.74, 6) is -6.06. The Bertz CT molecular complexity index is 802. The van der Waals surface area contributed by atoms with Gasteiger partial charge in [0.2, 0.25) is 5.75 Å². The second-order valence-electron chi connectivity index (χ2n) is 8.73. The van der Waals surface area contributed by atoms with Crippen molar-refractivity contribution in [2.24, 2.45) is 17.8 Å². The molecular weight excluding hydrogens is 457 g/mol. The second kappa shape index (κ2) is 11.0. The lowest BCUT2D eigenvalue weighted by Gasteiger charge is -2.39. The standard InChI is InChI=1S/C23H27F7O3/c1-2-3-13-4-9-19(31-12-13)14-5-7-15(8-6-14)23(29,30)33-16-10-17(24)20(18(25)11-16)32-22(28)21(26)27/h10-11,13-15,19H,2-9,12H2,1H3. The average Bonchev–Trinajstić information content (AvgIpc) is 2.76. The predicted molar refractivity (Wildman–Crippen MR) is 106 cm³/mol. The first-order chi connectivity index (χ1) is 15.6. The Labute approximate surface area is 187 Å². The minimum atomic E-state index is -3.71. The van der Waals surface area contributed by atoms with Gasteiger partial charge in [-0.1, -0.05) is 13.3 Å². The van der Waals surface area contributed by atoms with Gasteiger partial charge in [-0.15, -0.1) is 0 Å². The van der Waals surface area contributed by atoms with Gasteiger partial charge in [-0.3, -0.25) is 0 Å². The van der Waals surface area contributed by atoms with Gasteiger partial charge in [-0.05, 0) is 56.8 Å². The Morgan fingerprint density at radius 3 is 2.15 bits per heavy atom. The maximum absolute atomic E-state index is 14.7. The molecule has 10 heteroatoms. The number of alkyl halides is 2. The first-order valence-corrected chi connectivity index (χ1v) is 11.2. The first kappa shape index (κ1) is 25.6. The predicted octanol–water partition coefficient (Wildman–Crippen LogP) is 7.75. The molecule has 1 aliphatic carbocycles. The Morgan fingerprint density at radius 2 is 1.64 bits per heavy atom. The highest BCUT2D eigenvalue weighted by atomic mass is 19.3. The molecule has 2 fully saturated rings. The molecular formula is C23H27F7O3. The van der Waals surface area contributed by atoms with Crippen LogP contribution in [0.25, 0.3) is 0 Å². The molecule has 0 amide bonds. The van der Waals surface area contributed by atoms with E-state index in [0.29, 0.717) is 37.5 Å². The lowest BCUT2D eigenvalue weighted by Crippen LogP contribution is -2.40. The van der Waals surface area contributed by atoms with Gasteiger partial charge < -0.3 is 14.2 Å². The van der Waals surface area contributed by atoms with Crippen LogP contribution in [0.1, 0.15) is 58.3 Å². The van der Waals surface area contributed by atoms with E-state index in [1.165, 1.54) is 0 Å². The van der Waals surface area contributed by atoms with Crippen LogP contribution in [0.15, 0.2) is 24.2 Å². The molecule has 1 heterocycles. The molecule has 0 N–H and O–H groups in total. The smallest absolute Gasteiger partial charge is 0.400 e. The minimum Gasteiger partial charge on any atom is -0.432 e. The number of rotatable bonds is 8. The van der Waals surface area contributed by atoms with Gasteiger partial charge in [0.15, 0.2) is 11.6 Å². The molecule has 186 valence electrons. The molecule has 3 rings (SSSR count). The van der Waals surface area contributed by atoms with Crippen molar-refractivity contribution < 1.29 is 44.9 Å². The van der Waals surface area contributed by atoms with E-state index in [9.17, 15) is 30.7 Å². The van der Waals surface area contributed by atoms with Crippen LogP contribution in [0.4, 0.5) is 30.7 Å². The van der Waals surface area contributed by atoms with Crippen LogP contribution in [0, 0.1) is 29.4 Å². The fraction of sp³-hybridized carbons (Fsp3) is 0.652. The van der Waals surface area contributed by atoms with Crippen LogP contribution >= 0.6 is 0 Å². The number of hydrogen-bond donors (Lipinski definition) is 0. The molecule has 0 radical (unpaired) electrons. The summed E-state index contributed by atoms with van der Waals surface area (Å²) in [5, 5.41) is 0. The third kappa shape index (κ3) is 6.55. The van der Waals surface area contributed by atoms with E-state index in [-0.39, 0.29) is 24.9 Å². The third-order valence-electron chi connectivity index (χ3n) is 6.44. The summed E-state index contributed by atoms with van der Waals surface area (Å²) in [6, 6.07) is -1.82. The van der Waals surface area contributed by atoms with Crippen molar-refractivity contribution in [3.05, 3.63) is 35.9 Å². The average molecular weight is 484 g/mol. The largest absolute Gasteiger partial charge is 0.432 e. The van der Waals surface area contributed by atoms with Gasteiger partial charge in [-0.25, -0.2) is 8.78 Å². The fourth-order valence-electron chi connectivity index (χ4n) is 4.72. The summed E-state index contributed by atoms with van der Waals surface area (Å²) in [6.45, 7) is 2.83. The number of ether oxygens (including phenoxy) is 3. The molecule has 0 spiro atoms. The van der Waals surface area contributed by atoms with Crippen LogP contribution < -0.4 is 9.47 Å². The van der Waals surface area contributed by atoms with Crippen molar-refractivity contribution in [3.63, 3.8) is 0 Å². The summed E-state index contributed by atoms with van der Waals surface area (Å²) >= 11 is 0. The van der Waals surface area contributed by atoms with Crippen LogP contribution in [-0.2, 0) is 4.74 Å². The fourth-order valence-corrected chi connectivity index (χ4v) is 4.72. The highest BCUT2D eigenvalue weighted by Gasteiger charge is 2.45. The maximum Gasteiger partial charge on any atom is 0.400 e. The van der Waals surface area contributed by atoms with E-state index in [1.807, 2.05) is 0 Å². The maximum atomic E-state index is 14.7. The van der Waals surface area contributed by atoms with Crippen molar-refractivity contribution in [3.8, 4) is 11.5 Å². The number of hydrogen-bond acceptors (Lipinski definition) is 3. The van der Waals surface area contributed by atoms with E-state index in [1.54, 1.807) is 0 Å². The highest BCUT2D eigenvalue weighted by molar-refractivity contribution is 5.36. The SMILES string of the molecule is CCCC1CCC(C2CCC(C(F)(F)Oc3cc(F)c(OC(F)=C(F)F)c(F)c3)CC2)OC1. The van der Waals surface area contributed by atoms with Gasteiger partial charge >= 0.3 is 18.2 Å². The summed E-state index contributed by atoms with van der Waals surface area (Å²) < 4.78 is 109. The van der Waals surface area contributed by atoms with Crippen LogP contribution in [-0.4, -0.2) is 18.8 Å². The van der Waals surface area contributed by atoms with Gasteiger partial charge in [-0.2, -0.15) is 22.0 Å². The molecule has 1 saturated heterocycles. The molecule has 0 bridgehead atoms. The zero-order valence-corrected chi connectivity index (χ0v) is 18.2. The van der Waals surface area contributed by atoms with Gasteiger partial charge in [0, 0.05) is 18.7 Å². The summed E-state index contributed by atoms with van der Waals surface area (Å²) in [5.41, 5.74) is 0. The van der Waals surface area contributed by atoms with Crippen LogP contribution in [0.3, 0.4) is 0 Å². The topological polar surface area (TPSA) is 27.7 Å². The molecule has 2 aliphatic rings. The lowest BCUT2D eigenvalue weighted by atomic mass is 9.76. The minimum absolute atomic E-state index is 0.0629. The van der Waals surface area contributed by atoms with Crippen LogP contribution in [0.5, 0.6) is 11.5 Å². The van der Waals surface area contributed by atoms with Crippen molar-refractivity contribution in [1.29, 1.82) is 0 Å². The Hall–Kier alpha value is -1.97. The van der Waals surface area contributed by atoms with Gasteiger partial charge in [0.05, 0.1) is 12.0 Å². The third-order valence-corrected chi connectivity index (χ3v) is 6.44. The zero-order valence-electron chi connectivity index (χ0n) is 18.2. The van der Waals surface area contributed by atoms with Crippen molar-refractivity contribution >= 4 is 0 Å². The van der Waals surface area contributed by atoms with E-state index < -0.39 is 47.3 Å². The van der Waals surface area contributed by atoms with Gasteiger partial charge in [0.25, 0.3) is 0 Å². The molecule has 0 aromatic heterocycles. The number of halogens is 7. The quantitative estimate of drug-likeness (QED) is 0.279. The summed E-state index contributed by atoms with van der Waals surface area (Å²) in [6.07, 6.45) is -0.963. The Balaban J connectivity index is 1.57. The van der Waals surface area contributed by atoms with Gasteiger partial charge in [0.1, 0.15) is 5.75 Å². The Kier molecular flexibility index (Phi) is 8.53. The van der Waals surface area contributed by atoms with E-state index >= 15 is 0 Å². The second-order valence-corrected chi connectivity index (χ2v) is 8.73. The molecule has 2 atom stereocenters. The van der Waals surface area contributed by atoms with E-state index in [4.69, 9.17) is 4.74 Å². The van der Waals surface area contributed by atoms with Crippen molar-refractivity contribution in [2.45, 2.75) is 70.5 Å². The normalized spacial score (nSPS) is 26.1. The molecule has 1 saturated carbocycles. The molecule has 33 heavy (non-hydrogen) atoms. The first-order valence-electron chi connectivity index (χ1n) is 11.2. The van der Waals surface area contributed by atoms with Crippen molar-refractivity contribution in [2.75, 3.05) is 6.61 Å².